The van der Waals surface area contributed by atoms with E-state index >= 15 is 0 Å². The zero-order valence-corrected chi connectivity index (χ0v) is 12.0. The van der Waals surface area contributed by atoms with E-state index in [2.05, 4.69) is 15.3 Å². The Kier molecular flexibility index (Phi) is 4.71. The van der Waals surface area contributed by atoms with Gasteiger partial charge in [-0.15, -0.1) is 0 Å². The first-order chi connectivity index (χ1) is 10.1. The molecule has 21 heavy (non-hydrogen) atoms. The zero-order chi connectivity index (χ0) is 15.2. The molecule has 2 aromatic heterocycles. The molecule has 0 amide bonds. The number of hydrogen-bond acceptors (Lipinski definition) is 6. The maximum atomic E-state index is 11.8. The fourth-order valence-corrected chi connectivity index (χ4v) is 1.87. The Morgan fingerprint density at radius 1 is 1.48 bits per heavy atom. The molecule has 0 radical (unpaired) electrons. The Morgan fingerprint density at radius 2 is 2.29 bits per heavy atom. The Bertz CT molecular complexity index is 616. The SMILES string of the molecule is CCOC(=O)c1cc(NC(C)c2cccnc2)ncc1N. The molecule has 2 aromatic rings. The van der Waals surface area contributed by atoms with Gasteiger partial charge in [-0.2, -0.15) is 0 Å². The van der Waals surface area contributed by atoms with Crippen molar-refractivity contribution >= 4 is 17.5 Å². The van der Waals surface area contributed by atoms with Crippen LogP contribution in [0.15, 0.2) is 36.8 Å². The fraction of sp³-hybridized carbons (Fsp3) is 0.267. The van der Waals surface area contributed by atoms with Gasteiger partial charge in [0, 0.05) is 12.4 Å². The van der Waals surface area contributed by atoms with Crippen LogP contribution in [-0.4, -0.2) is 22.5 Å². The van der Waals surface area contributed by atoms with Crippen molar-refractivity contribution in [2.45, 2.75) is 19.9 Å². The standard InChI is InChI=1S/C15H18N4O2/c1-3-21-15(20)12-7-14(18-9-13(12)16)19-10(2)11-5-4-6-17-8-11/h4-10H,3,16H2,1-2H3,(H,18,19). The maximum absolute atomic E-state index is 11.8. The van der Waals surface area contributed by atoms with E-state index < -0.39 is 5.97 Å². The van der Waals surface area contributed by atoms with Crippen LogP contribution in [0.3, 0.4) is 0 Å². The summed E-state index contributed by atoms with van der Waals surface area (Å²) in [4.78, 5) is 20.1. The van der Waals surface area contributed by atoms with E-state index in [1.54, 1.807) is 25.4 Å². The topological polar surface area (TPSA) is 90.1 Å². The molecule has 2 rings (SSSR count). The first kappa shape index (κ1) is 14.8. The molecule has 0 aliphatic carbocycles. The van der Waals surface area contributed by atoms with Gasteiger partial charge in [-0.05, 0) is 31.5 Å². The summed E-state index contributed by atoms with van der Waals surface area (Å²) in [6.45, 7) is 4.04. The van der Waals surface area contributed by atoms with Crippen molar-refractivity contribution in [2.75, 3.05) is 17.7 Å². The van der Waals surface area contributed by atoms with Gasteiger partial charge in [-0.3, -0.25) is 4.98 Å². The fourth-order valence-electron chi connectivity index (χ4n) is 1.87. The molecule has 0 aromatic carbocycles. The van der Waals surface area contributed by atoms with Crippen LogP contribution in [0.5, 0.6) is 0 Å². The maximum Gasteiger partial charge on any atom is 0.340 e. The lowest BCUT2D eigenvalue weighted by Crippen LogP contribution is -2.12. The highest BCUT2D eigenvalue weighted by atomic mass is 16.5. The summed E-state index contributed by atoms with van der Waals surface area (Å²) < 4.78 is 4.97. The molecule has 0 saturated heterocycles. The number of nitrogens with two attached hydrogens (primary N) is 1. The van der Waals surface area contributed by atoms with E-state index in [4.69, 9.17) is 10.5 Å². The summed E-state index contributed by atoms with van der Waals surface area (Å²) in [5.74, 6) is 0.109. The van der Waals surface area contributed by atoms with E-state index in [9.17, 15) is 4.79 Å². The molecular formula is C15H18N4O2. The molecule has 110 valence electrons. The molecular weight excluding hydrogens is 268 g/mol. The number of carbonyl (C=O) groups excluding carboxylic acids is 1. The first-order valence-electron chi connectivity index (χ1n) is 6.71. The van der Waals surface area contributed by atoms with Crippen molar-refractivity contribution < 1.29 is 9.53 Å². The molecule has 0 fully saturated rings. The van der Waals surface area contributed by atoms with Gasteiger partial charge in [0.25, 0.3) is 0 Å². The van der Waals surface area contributed by atoms with Gasteiger partial charge in [0.2, 0.25) is 0 Å². The molecule has 3 N–H and O–H groups in total. The van der Waals surface area contributed by atoms with Gasteiger partial charge in [0.1, 0.15) is 5.82 Å². The van der Waals surface area contributed by atoms with E-state index in [0.29, 0.717) is 23.7 Å². The lowest BCUT2D eigenvalue weighted by Gasteiger charge is -2.15. The third-order valence-corrected chi connectivity index (χ3v) is 2.98. The number of nitrogens with one attached hydrogen (secondary N) is 1. The molecule has 6 nitrogen and oxygen atoms in total. The summed E-state index contributed by atoms with van der Waals surface area (Å²) in [7, 11) is 0. The predicted molar refractivity (Wildman–Crippen MR) is 80.9 cm³/mol. The lowest BCUT2D eigenvalue weighted by atomic mass is 10.1. The minimum atomic E-state index is -0.450. The number of carbonyl (C=O) groups is 1. The Hall–Kier alpha value is -2.63. The Balaban J connectivity index is 2.17. The van der Waals surface area contributed by atoms with Gasteiger partial charge in [0.05, 0.1) is 30.1 Å². The minimum Gasteiger partial charge on any atom is -0.462 e. The van der Waals surface area contributed by atoms with E-state index in [-0.39, 0.29) is 6.04 Å². The summed E-state index contributed by atoms with van der Waals surface area (Å²) in [6.07, 6.45) is 4.95. The number of anilines is 2. The summed E-state index contributed by atoms with van der Waals surface area (Å²) >= 11 is 0. The molecule has 1 unspecified atom stereocenters. The first-order valence-corrected chi connectivity index (χ1v) is 6.71. The average Bonchev–Trinajstić information content (AvgIpc) is 2.50. The normalized spacial score (nSPS) is 11.7. The van der Waals surface area contributed by atoms with E-state index in [0.717, 1.165) is 5.56 Å². The Labute approximate surface area is 123 Å². The van der Waals surface area contributed by atoms with Crippen LogP contribution in [0.25, 0.3) is 0 Å². The summed E-state index contributed by atoms with van der Waals surface area (Å²) in [5, 5.41) is 3.21. The quantitative estimate of drug-likeness (QED) is 0.820. The highest BCUT2D eigenvalue weighted by molar-refractivity contribution is 5.95. The van der Waals surface area contributed by atoms with Gasteiger partial charge < -0.3 is 15.8 Å². The number of esters is 1. The molecule has 6 heteroatoms. The van der Waals surface area contributed by atoms with Crippen molar-refractivity contribution in [1.82, 2.24) is 9.97 Å². The second kappa shape index (κ2) is 6.69. The highest BCUT2D eigenvalue weighted by Gasteiger charge is 2.14. The monoisotopic (exact) mass is 286 g/mol. The molecule has 0 bridgehead atoms. The van der Waals surface area contributed by atoms with Crippen molar-refractivity contribution in [3.8, 4) is 0 Å². The van der Waals surface area contributed by atoms with Crippen LogP contribution in [0.4, 0.5) is 11.5 Å². The highest BCUT2D eigenvalue weighted by Crippen LogP contribution is 2.20. The van der Waals surface area contributed by atoms with Crippen LogP contribution in [0, 0.1) is 0 Å². The lowest BCUT2D eigenvalue weighted by molar-refractivity contribution is 0.0527. The average molecular weight is 286 g/mol. The van der Waals surface area contributed by atoms with Crippen molar-refractivity contribution in [1.29, 1.82) is 0 Å². The molecule has 1 atom stereocenters. The van der Waals surface area contributed by atoms with Crippen LogP contribution in [0.2, 0.25) is 0 Å². The molecule has 0 saturated carbocycles. The number of hydrogen-bond donors (Lipinski definition) is 2. The number of pyridine rings is 2. The number of rotatable bonds is 5. The second-order valence-corrected chi connectivity index (χ2v) is 4.53. The van der Waals surface area contributed by atoms with Crippen molar-refractivity contribution in [2.24, 2.45) is 0 Å². The Morgan fingerprint density at radius 3 is 2.95 bits per heavy atom. The summed E-state index contributed by atoms with van der Waals surface area (Å²) in [5.41, 5.74) is 7.40. The van der Waals surface area contributed by atoms with Crippen molar-refractivity contribution in [3.05, 3.63) is 47.9 Å². The number of aromatic nitrogens is 2. The smallest absolute Gasteiger partial charge is 0.340 e. The number of nitrogen functional groups attached to an aromatic ring is 1. The van der Waals surface area contributed by atoms with E-state index in [1.807, 2.05) is 19.1 Å². The van der Waals surface area contributed by atoms with Crippen LogP contribution < -0.4 is 11.1 Å². The van der Waals surface area contributed by atoms with Gasteiger partial charge in [-0.1, -0.05) is 6.07 Å². The van der Waals surface area contributed by atoms with E-state index in [1.165, 1.54) is 6.20 Å². The molecule has 0 spiro atoms. The zero-order valence-electron chi connectivity index (χ0n) is 12.0. The minimum absolute atomic E-state index is 0.00451. The predicted octanol–water partition coefficient (Wildman–Crippen LogP) is 2.41. The second-order valence-electron chi connectivity index (χ2n) is 4.53. The number of nitrogens with zero attached hydrogens (tertiary/aromatic N) is 2. The molecule has 0 aliphatic rings. The number of ether oxygens (including phenoxy) is 1. The van der Waals surface area contributed by atoms with Crippen LogP contribution >= 0.6 is 0 Å². The summed E-state index contributed by atoms with van der Waals surface area (Å²) in [6, 6.07) is 5.44. The van der Waals surface area contributed by atoms with Crippen LogP contribution in [0.1, 0.15) is 35.8 Å². The van der Waals surface area contributed by atoms with Crippen molar-refractivity contribution in [3.63, 3.8) is 0 Å². The third kappa shape index (κ3) is 3.68. The molecule has 2 heterocycles. The molecule has 0 aliphatic heterocycles. The van der Waals surface area contributed by atoms with Gasteiger partial charge in [-0.25, -0.2) is 9.78 Å². The largest absolute Gasteiger partial charge is 0.462 e. The van der Waals surface area contributed by atoms with Gasteiger partial charge in [0.15, 0.2) is 0 Å². The van der Waals surface area contributed by atoms with Gasteiger partial charge >= 0.3 is 5.97 Å². The third-order valence-electron chi connectivity index (χ3n) is 2.98. The van der Waals surface area contributed by atoms with Crippen LogP contribution in [-0.2, 0) is 4.74 Å².